The lowest BCUT2D eigenvalue weighted by atomic mass is 10.1. The lowest BCUT2D eigenvalue weighted by Gasteiger charge is -2.06. The van der Waals surface area contributed by atoms with Gasteiger partial charge in [-0.3, -0.25) is 9.59 Å². The lowest BCUT2D eigenvalue weighted by Crippen LogP contribution is -2.32. The highest BCUT2D eigenvalue weighted by Gasteiger charge is 2.11. The van der Waals surface area contributed by atoms with Crippen molar-refractivity contribution >= 4 is 5.91 Å². The fourth-order valence-electron chi connectivity index (χ4n) is 1.47. The highest BCUT2D eigenvalue weighted by molar-refractivity contribution is 5.94. The number of rotatable bonds is 4. The summed E-state index contributed by atoms with van der Waals surface area (Å²) < 4.78 is 0. The molecule has 16 heavy (non-hydrogen) atoms. The third-order valence-electron chi connectivity index (χ3n) is 2.37. The van der Waals surface area contributed by atoms with E-state index in [0.29, 0.717) is 0 Å². The minimum Gasteiger partial charge on any atom is -0.395 e. The van der Waals surface area contributed by atoms with E-state index in [1.807, 2.05) is 6.92 Å². The summed E-state index contributed by atoms with van der Waals surface area (Å²) in [4.78, 5) is 25.7. The molecule has 0 bridgehead atoms. The number of aliphatic hydroxyl groups is 1. The number of carbonyl (C=O) groups is 1. The van der Waals surface area contributed by atoms with E-state index in [0.717, 1.165) is 17.7 Å². The van der Waals surface area contributed by atoms with Gasteiger partial charge >= 0.3 is 0 Å². The van der Waals surface area contributed by atoms with Crippen molar-refractivity contribution in [1.29, 1.82) is 0 Å². The van der Waals surface area contributed by atoms with Crippen LogP contribution in [0, 0.1) is 6.92 Å². The first kappa shape index (κ1) is 12.4. The molecular formula is C11H16N2O3. The van der Waals surface area contributed by atoms with Crippen molar-refractivity contribution in [2.45, 2.75) is 20.3 Å². The van der Waals surface area contributed by atoms with E-state index in [2.05, 4.69) is 10.3 Å². The van der Waals surface area contributed by atoms with Crippen LogP contribution in [0.15, 0.2) is 10.9 Å². The fraction of sp³-hybridized carbons (Fsp3) is 0.455. The average molecular weight is 224 g/mol. The van der Waals surface area contributed by atoms with Crippen molar-refractivity contribution < 1.29 is 9.90 Å². The molecule has 0 saturated carbocycles. The predicted octanol–water partition coefficient (Wildman–Crippen LogP) is -0.0322. The van der Waals surface area contributed by atoms with Crippen LogP contribution in [0.4, 0.5) is 0 Å². The van der Waals surface area contributed by atoms with Gasteiger partial charge in [0.05, 0.1) is 6.61 Å². The van der Waals surface area contributed by atoms with E-state index >= 15 is 0 Å². The van der Waals surface area contributed by atoms with Gasteiger partial charge in [0, 0.05) is 12.2 Å². The molecule has 1 rings (SSSR count). The molecule has 0 saturated heterocycles. The average Bonchev–Trinajstić information content (AvgIpc) is 2.26. The molecule has 3 N–H and O–H groups in total. The van der Waals surface area contributed by atoms with Crippen molar-refractivity contribution in [2.75, 3.05) is 13.2 Å². The zero-order valence-electron chi connectivity index (χ0n) is 9.46. The van der Waals surface area contributed by atoms with Gasteiger partial charge in [0.15, 0.2) is 0 Å². The molecule has 1 aromatic rings. The first-order valence-electron chi connectivity index (χ1n) is 5.22. The Morgan fingerprint density at radius 1 is 1.56 bits per heavy atom. The van der Waals surface area contributed by atoms with Crippen molar-refractivity contribution in [3.8, 4) is 0 Å². The van der Waals surface area contributed by atoms with Crippen LogP contribution < -0.4 is 10.9 Å². The first-order chi connectivity index (χ1) is 7.60. The number of carbonyl (C=O) groups excluding carboxylic acids is 1. The first-order valence-corrected chi connectivity index (χ1v) is 5.22. The zero-order chi connectivity index (χ0) is 12.1. The number of pyridine rings is 1. The quantitative estimate of drug-likeness (QED) is 0.671. The minimum atomic E-state index is -0.454. The number of aromatic amines is 1. The summed E-state index contributed by atoms with van der Waals surface area (Å²) >= 11 is 0. The molecule has 88 valence electrons. The molecule has 5 nitrogen and oxygen atoms in total. The standard InChI is InChI=1S/C11H16N2O3/c1-3-8-6-9(10(15)12-4-5-14)11(16)13-7(8)2/h6,14H,3-5H2,1-2H3,(H,12,15)(H,13,16). The number of amides is 1. The Morgan fingerprint density at radius 3 is 2.81 bits per heavy atom. The van der Waals surface area contributed by atoms with Crippen LogP contribution in [0.5, 0.6) is 0 Å². The van der Waals surface area contributed by atoms with Crippen molar-refractivity contribution in [3.63, 3.8) is 0 Å². The molecule has 1 amide bonds. The highest BCUT2D eigenvalue weighted by atomic mass is 16.3. The molecule has 0 fully saturated rings. The molecule has 5 heteroatoms. The molecule has 0 aliphatic rings. The van der Waals surface area contributed by atoms with Gasteiger partial charge in [-0.25, -0.2) is 0 Å². The molecule has 0 unspecified atom stereocenters. The Kier molecular flexibility index (Phi) is 4.25. The molecule has 1 aromatic heterocycles. The summed E-state index contributed by atoms with van der Waals surface area (Å²) in [7, 11) is 0. The summed E-state index contributed by atoms with van der Waals surface area (Å²) in [5.41, 5.74) is 1.42. The van der Waals surface area contributed by atoms with Gasteiger partial charge in [0.25, 0.3) is 11.5 Å². The molecule has 0 aromatic carbocycles. The Bertz CT molecular complexity index is 437. The maximum Gasteiger partial charge on any atom is 0.261 e. The third-order valence-corrected chi connectivity index (χ3v) is 2.37. The van der Waals surface area contributed by atoms with Gasteiger partial charge in [0.2, 0.25) is 0 Å². The molecule has 0 spiro atoms. The maximum atomic E-state index is 11.6. The van der Waals surface area contributed by atoms with Crippen LogP contribution in [0.2, 0.25) is 0 Å². The van der Waals surface area contributed by atoms with Crippen LogP contribution in [-0.2, 0) is 6.42 Å². The fourth-order valence-corrected chi connectivity index (χ4v) is 1.47. The maximum absolute atomic E-state index is 11.6. The second-order valence-corrected chi connectivity index (χ2v) is 3.50. The van der Waals surface area contributed by atoms with Crippen LogP contribution in [0.3, 0.4) is 0 Å². The summed E-state index contributed by atoms with van der Waals surface area (Å²) in [6.45, 7) is 3.76. The number of aromatic nitrogens is 1. The number of aryl methyl sites for hydroxylation is 2. The van der Waals surface area contributed by atoms with Gasteiger partial charge < -0.3 is 15.4 Å². The Labute approximate surface area is 93.5 Å². The van der Waals surface area contributed by atoms with Gasteiger partial charge in [-0.15, -0.1) is 0 Å². The van der Waals surface area contributed by atoms with Crippen molar-refractivity contribution in [1.82, 2.24) is 10.3 Å². The largest absolute Gasteiger partial charge is 0.395 e. The number of nitrogens with one attached hydrogen (secondary N) is 2. The smallest absolute Gasteiger partial charge is 0.261 e. The van der Waals surface area contributed by atoms with Gasteiger partial charge in [-0.1, -0.05) is 6.92 Å². The van der Waals surface area contributed by atoms with Crippen LogP contribution >= 0.6 is 0 Å². The second kappa shape index (κ2) is 5.46. The Balaban J connectivity index is 3.04. The van der Waals surface area contributed by atoms with Crippen LogP contribution in [0.25, 0.3) is 0 Å². The van der Waals surface area contributed by atoms with Gasteiger partial charge in [-0.2, -0.15) is 0 Å². The van der Waals surface area contributed by atoms with Crippen LogP contribution in [0.1, 0.15) is 28.5 Å². The number of hydrogen-bond donors (Lipinski definition) is 3. The number of H-pyrrole nitrogens is 1. The summed E-state index contributed by atoms with van der Waals surface area (Å²) in [6, 6.07) is 1.60. The molecule has 1 heterocycles. The van der Waals surface area contributed by atoms with Crippen molar-refractivity contribution in [3.05, 3.63) is 33.2 Å². The van der Waals surface area contributed by atoms with E-state index in [9.17, 15) is 9.59 Å². The van der Waals surface area contributed by atoms with E-state index < -0.39 is 11.5 Å². The summed E-state index contributed by atoms with van der Waals surface area (Å²) in [5, 5.41) is 11.0. The third kappa shape index (κ3) is 2.70. The predicted molar refractivity (Wildman–Crippen MR) is 60.6 cm³/mol. The van der Waals surface area contributed by atoms with E-state index in [1.54, 1.807) is 13.0 Å². The summed E-state index contributed by atoms with van der Waals surface area (Å²) in [5.74, 6) is -0.454. The van der Waals surface area contributed by atoms with E-state index in [4.69, 9.17) is 5.11 Å². The molecule has 0 aliphatic carbocycles. The van der Waals surface area contributed by atoms with Gasteiger partial charge in [-0.05, 0) is 25.0 Å². The Morgan fingerprint density at radius 2 is 2.25 bits per heavy atom. The van der Waals surface area contributed by atoms with E-state index in [1.165, 1.54) is 0 Å². The summed E-state index contributed by atoms with van der Waals surface area (Å²) in [6.07, 6.45) is 0.753. The van der Waals surface area contributed by atoms with Crippen LogP contribution in [-0.4, -0.2) is 29.1 Å². The molecule has 0 atom stereocenters. The molecule has 0 radical (unpaired) electrons. The topological polar surface area (TPSA) is 82.2 Å². The lowest BCUT2D eigenvalue weighted by molar-refractivity contribution is 0.0943. The SMILES string of the molecule is CCc1cc(C(=O)NCCO)c(=O)[nH]c1C. The number of hydrogen-bond acceptors (Lipinski definition) is 3. The number of aliphatic hydroxyl groups excluding tert-OH is 1. The minimum absolute atomic E-state index is 0.0934. The van der Waals surface area contributed by atoms with Crippen molar-refractivity contribution in [2.24, 2.45) is 0 Å². The Hall–Kier alpha value is -1.62. The van der Waals surface area contributed by atoms with Gasteiger partial charge in [0.1, 0.15) is 5.56 Å². The molecular weight excluding hydrogens is 208 g/mol. The normalized spacial score (nSPS) is 10.2. The molecule has 0 aliphatic heterocycles. The monoisotopic (exact) mass is 224 g/mol. The highest BCUT2D eigenvalue weighted by Crippen LogP contribution is 2.05. The second-order valence-electron chi connectivity index (χ2n) is 3.50. The van der Waals surface area contributed by atoms with E-state index in [-0.39, 0.29) is 18.7 Å². The zero-order valence-corrected chi connectivity index (χ0v) is 9.46.